The van der Waals surface area contributed by atoms with Crippen LogP contribution in [0.25, 0.3) is 0 Å². The van der Waals surface area contributed by atoms with E-state index in [0.29, 0.717) is 24.7 Å². The standard InChI is InChI=1S/C10H17N5/c11-5-9-6-15(14-13-9)10-3-7-1-2-8(4-10)12-7/h6-8,10,12H,1-5,11H2. The van der Waals surface area contributed by atoms with Crippen molar-refractivity contribution < 1.29 is 0 Å². The van der Waals surface area contributed by atoms with Gasteiger partial charge in [-0.15, -0.1) is 5.10 Å². The average Bonchev–Trinajstić information content (AvgIpc) is 2.85. The van der Waals surface area contributed by atoms with Gasteiger partial charge in [-0.1, -0.05) is 5.21 Å². The van der Waals surface area contributed by atoms with Crippen LogP contribution in [0.1, 0.15) is 37.4 Å². The van der Waals surface area contributed by atoms with Crippen molar-refractivity contribution in [1.82, 2.24) is 20.3 Å². The van der Waals surface area contributed by atoms with Gasteiger partial charge in [-0.2, -0.15) is 0 Å². The number of hydrogen-bond donors (Lipinski definition) is 2. The van der Waals surface area contributed by atoms with Crippen molar-refractivity contribution in [2.45, 2.75) is 50.4 Å². The first-order valence-electron chi connectivity index (χ1n) is 5.72. The minimum atomic E-state index is 0.484. The van der Waals surface area contributed by atoms with Crippen LogP contribution >= 0.6 is 0 Å². The third-order valence-corrected chi connectivity index (χ3v) is 3.59. The maximum absolute atomic E-state index is 5.53. The van der Waals surface area contributed by atoms with E-state index in [9.17, 15) is 0 Å². The Kier molecular flexibility index (Phi) is 2.21. The zero-order chi connectivity index (χ0) is 10.3. The molecule has 2 bridgehead atoms. The van der Waals surface area contributed by atoms with Gasteiger partial charge in [-0.05, 0) is 25.7 Å². The third-order valence-electron chi connectivity index (χ3n) is 3.59. The molecule has 1 aromatic rings. The molecule has 0 saturated carbocycles. The van der Waals surface area contributed by atoms with E-state index >= 15 is 0 Å². The van der Waals surface area contributed by atoms with Crippen LogP contribution in [0.5, 0.6) is 0 Å². The summed E-state index contributed by atoms with van der Waals surface area (Å²) in [5, 5.41) is 11.8. The molecule has 2 aliphatic rings. The summed E-state index contributed by atoms with van der Waals surface area (Å²) in [6.45, 7) is 0.484. The summed E-state index contributed by atoms with van der Waals surface area (Å²) in [4.78, 5) is 0. The van der Waals surface area contributed by atoms with Crippen molar-refractivity contribution in [2.24, 2.45) is 5.73 Å². The Balaban J connectivity index is 1.77. The van der Waals surface area contributed by atoms with E-state index in [2.05, 4.69) is 15.6 Å². The van der Waals surface area contributed by atoms with E-state index in [1.54, 1.807) is 0 Å². The largest absolute Gasteiger partial charge is 0.325 e. The molecule has 3 rings (SSSR count). The maximum atomic E-state index is 5.53. The molecule has 15 heavy (non-hydrogen) atoms. The Labute approximate surface area is 89.0 Å². The van der Waals surface area contributed by atoms with Crippen LogP contribution in [0.4, 0.5) is 0 Å². The lowest BCUT2D eigenvalue weighted by Gasteiger charge is -2.28. The molecule has 3 heterocycles. The van der Waals surface area contributed by atoms with Gasteiger partial charge in [0.25, 0.3) is 0 Å². The Hall–Kier alpha value is -0.940. The van der Waals surface area contributed by atoms with Gasteiger partial charge in [0.2, 0.25) is 0 Å². The van der Waals surface area contributed by atoms with E-state index in [-0.39, 0.29) is 0 Å². The van der Waals surface area contributed by atoms with Gasteiger partial charge in [-0.25, -0.2) is 4.68 Å². The van der Waals surface area contributed by atoms with E-state index in [0.717, 1.165) is 5.69 Å². The lowest BCUT2D eigenvalue weighted by Crippen LogP contribution is -2.39. The lowest BCUT2D eigenvalue weighted by molar-refractivity contribution is 0.278. The molecular weight excluding hydrogens is 190 g/mol. The van der Waals surface area contributed by atoms with Gasteiger partial charge in [0.05, 0.1) is 17.9 Å². The number of aromatic nitrogens is 3. The quantitative estimate of drug-likeness (QED) is 0.726. The topological polar surface area (TPSA) is 68.8 Å². The Morgan fingerprint density at radius 1 is 1.40 bits per heavy atom. The fourth-order valence-electron chi connectivity index (χ4n) is 2.83. The molecule has 2 unspecified atom stereocenters. The van der Waals surface area contributed by atoms with Crippen LogP contribution in [0.2, 0.25) is 0 Å². The first kappa shape index (κ1) is 9.30. The molecule has 0 radical (unpaired) electrons. The van der Waals surface area contributed by atoms with Crippen LogP contribution in [0, 0.1) is 0 Å². The smallest absolute Gasteiger partial charge is 0.0962 e. The number of rotatable bonds is 2. The van der Waals surface area contributed by atoms with Crippen LogP contribution < -0.4 is 11.1 Å². The highest BCUT2D eigenvalue weighted by molar-refractivity contribution is 4.97. The number of piperidine rings is 1. The van der Waals surface area contributed by atoms with E-state index < -0.39 is 0 Å². The molecule has 0 amide bonds. The number of nitrogens with two attached hydrogens (primary N) is 1. The highest BCUT2D eigenvalue weighted by atomic mass is 15.4. The summed E-state index contributed by atoms with van der Waals surface area (Å²) in [5.74, 6) is 0. The van der Waals surface area contributed by atoms with Gasteiger partial charge in [0, 0.05) is 18.6 Å². The molecule has 0 aliphatic carbocycles. The Bertz CT molecular complexity index is 335. The molecule has 2 aliphatic heterocycles. The fourth-order valence-corrected chi connectivity index (χ4v) is 2.83. The van der Waals surface area contributed by atoms with Gasteiger partial charge >= 0.3 is 0 Å². The van der Waals surface area contributed by atoms with Crippen LogP contribution in [-0.4, -0.2) is 27.1 Å². The zero-order valence-corrected chi connectivity index (χ0v) is 8.76. The van der Waals surface area contributed by atoms with Crippen molar-refractivity contribution in [2.75, 3.05) is 0 Å². The summed E-state index contributed by atoms with van der Waals surface area (Å²) in [5.41, 5.74) is 6.42. The monoisotopic (exact) mass is 207 g/mol. The van der Waals surface area contributed by atoms with Crippen LogP contribution in [0.3, 0.4) is 0 Å². The molecule has 5 nitrogen and oxygen atoms in total. The molecule has 3 N–H and O–H groups in total. The van der Waals surface area contributed by atoms with E-state index in [4.69, 9.17) is 5.73 Å². The molecule has 5 heteroatoms. The Morgan fingerprint density at radius 2 is 2.13 bits per heavy atom. The molecule has 1 aromatic heterocycles. The van der Waals surface area contributed by atoms with Crippen LogP contribution in [0.15, 0.2) is 6.20 Å². The molecular formula is C10H17N5. The molecule has 82 valence electrons. The van der Waals surface area contributed by atoms with Gasteiger partial charge in [0.1, 0.15) is 0 Å². The zero-order valence-electron chi connectivity index (χ0n) is 8.76. The number of fused-ring (bicyclic) bond motifs is 2. The lowest BCUT2D eigenvalue weighted by atomic mass is 10.0. The highest BCUT2D eigenvalue weighted by Crippen LogP contribution is 2.33. The van der Waals surface area contributed by atoms with Gasteiger partial charge < -0.3 is 11.1 Å². The molecule has 2 atom stereocenters. The van der Waals surface area contributed by atoms with Crippen molar-refractivity contribution in [3.8, 4) is 0 Å². The highest BCUT2D eigenvalue weighted by Gasteiger charge is 2.34. The van der Waals surface area contributed by atoms with Gasteiger partial charge in [0.15, 0.2) is 0 Å². The number of hydrogen-bond acceptors (Lipinski definition) is 4. The van der Waals surface area contributed by atoms with Crippen molar-refractivity contribution >= 4 is 0 Å². The third kappa shape index (κ3) is 1.66. The van der Waals surface area contributed by atoms with Crippen molar-refractivity contribution in [3.63, 3.8) is 0 Å². The minimum absolute atomic E-state index is 0.484. The Morgan fingerprint density at radius 3 is 2.73 bits per heavy atom. The average molecular weight is 207 g/mol. The van der Waals surface area contributed by atoms with E-state index in [1.165, 1.54) is 25.7 Å². The predicted octanol–water partition coefficient (Wildman–Crippen LogP) is 0.192. The molecule has 0 aromatic carbocycles. The first-order chi connectivity index (χ1) is 7.35. The number of nitrogens with zero attached hydrogens (tertiary/aromatic N) is 3. The van der Waals surface area contributed by atoms with E-state index in [1.807, 2.05) is 10.9 Å². The second kappa shape index (κ2) is 3.57. The second-order valence-corrected chi connectivity index (χ2v) is 4.66. The molecule has 2 saturated heterocycles. The van der Waals surface area contributed by atoms with Crippen molar-refractivity contribution in [1.29, 1.82) is 0 Å². The fraction of sp³-hybridized carbons (Fsp3) is 0.800. The number of nitrogens with one attached hydrogen (secondary N) is 1. The summed E-state index contributed by atoms with van der Waals surface area (Å²) in [6.07, 6.45) is 7.00. The summed E-state index contributed by atoms with van der Waals surface area (Å²) in [7, 11) is 0. The maximum Gasteiger partial charge on any atom is 0.0962 e. The summed E-state index contributed by atoms with van der Waals surface area (Å²) < 4.78 is 2.01. The van der Waals surface area contributed by atoms with Crippen molar-refractivity contribution in [3.05, 3.63) is 11.9 Å². The summed E-state index contributed by atoms with van der Waals surface area (Å²) in [6, 6.07) is 1.91. The molecule has 2 fully saturated rings. The SMILES string of the molecule is NCc1cn(C2CC3CCC(C2)N3)nn1. The predicted molar refractivity (Wildman–Crippen MR) is 56.1 cm³/mol. The second-order valence-electron chi connectivity index (χ2n) is 4.66. The molecule has 0 spiro atoms. The normalized spacial score (nSPS) is 34.6. The minimum Gasteiger partial charge on any atom is -0.325 e. The van der Waals surface area contributed by atoms with Crippen LogP contribution in [-0.2, 0) is 6.54 Å². The summed E-state index contributed by atoms with van der Waals surface area (Å²) >= 11 is 0. The van der Waals surface area contributed by atoms with Gasteiger partial charge in [-0.3, -0.25) is 0 Å². The first-order valence-corrected chi connectivity index (χ1v) is 5.72.